The van der Waals surface area contributed by atoms with E-state index < -0.39 is 10.8 Å². The highest BCUT2D eigenvalue weighted by Crippen LogP contribution is 2.67. The topological polar surface area (TPSA) is 3.24 Å². The van der Waals surface area contributed by atoms with E-state index in [0.717, 1.165) is 5.69 Å². The Bertz CT molecular complexity index is 4550. The van der Waals surface area contributed by atoms with Crippen molar-refractivity contribution in [3.05, 3.63) is 293 Å². The van der Waals surface area contributed by atoms with Gasteiger partial charge in [-0.05, 0) is 137 Å². The van der Waals surface area contributed by atoms with Gasteiger partial charge in [-0.3, -0.25) is 0 Å². The number of nitrogens with zero attached hydrogens (tertiary/aromatic N) is 1. The van der Waals surface area contributed by atoms with Gasteiger partial charge in [0.1, 0.15) is 0 Å². The van der Waals surface area contributed by atoms with Gasteiger partial charge < -0.3 is 4.90 Å². The quantitative estimate of drug-likeness (QED) is 0.174. The van der Waals surface area contributed by atoms with Crippen molar-refractivity contribution in [2.75, 3.05) is 4.90 Å². The Kier molecular flexibility index (Phi) is 8.51. The normalized spacial score (nSPS) is 15.9. The first kappa shape index (κ1) is 41.4. The van der Waals surface area contributed by atoms with Crippen LogP contribution in [0.2, 0.25) is 0 Å². The molecule has 0 bridgehead atoms. The molecule has 0 radical (unpaired) electrons. The lowest BCUT2D eigenvalue weighted by molar-refractivity contribution is 0.721. The summed E-state index contributed by atoms with van der Waals surface area (Å²) in [6, 6.07) is 95.0. The van der Waals surface area contributed by atoms with Gasteiger partial charge in [-0.25, -0.2) is 0 Å². The molecule has 0 unspecified atom stereocenters. The summed E-state index contributed by atoms with van der Waals surface area (Å²) in [6.45, 7) is 0. The molecular formula is C70H41NS3. The van der Waals surface area contributed by atoms with Crippen molar-refractivity contribution >= 4 is 93.6 Å². The highest BCUT2D eigenvalue weighted by Gasteiger charge is 2.54. The maximum Gasteiger partial charge on any atom is 0.0756 e. The number of thiophene rings is 1. The van der Waals surface area contributed by atoms with Gasteiger partial charge in [-0.15, -0.1) is 11.3 Å². The molecule has 344 valence electrons. The lowest BCUT2D eigenvalue weighted by atomic mass is 9.66. The number of rotatable bonds is 3. The summed E-state index contributed by atoms with van der Waals surface area (Å²) in [7, 11) is 0. The fraction of sp³-hybridized carbons (Fsp3) is 0.0286. The summed E-state index contributed by atoms with van der Waals surface area (Å²) in [5.74, 6) is 0. The van der Waals surface area contributed by atoms with E-state index in [9.17, 15) is 0 Å². The largest absolute Gasteiger partial charge is 0.309 e. The molecule has 1 aromatic heterocycles. The third-order valence-corrected chi connectivity index (χ3v) is 20.3. The first-order chi connectivity index (χ1) is 36.7. The van der Waals surface area contributed by atoms with Gasteiger partial charge in [-0.2, -0.15) is 0 Å². The van der Waals surface area contributed by atoms with Crippen LogP contribution in [0.5, 0.6) is 0 Å². The van der Waals surface area contributed by atoms with Crippen molar-refractivity contribution in [1.29, 1.82) is 0 Å². The van der Waals surface area contributed by atoms with Crippen LogP contribution in [0.15, 0.2) is 268 Å². The van der Waals surface area contributed by atoms with Gasteiger partial charge in [0.05, 0.1) is 22.2 Å². The first-order valence-corrected chi connectivity index (χ1v) is 27.9. The van der Waals surface area contributed by atoms with E-state index in [1.807, 2.05) is 34.9 Å². The minimum Gasteiger partial charge on any atom is -0.309 e. The Balaban J connectivity index is 1.02. The Morgan fingerprint density at radius 2 is 0.892 bits per heavy atom. The Morgan fingerprint density at radius 3 is 1.69 bits per heavy atom. The van der Waals surface area contributed by atoms with Crippen LogP contribution in [-0.2, 0) is 10.8 Å². The van der Waals surface area contributed by atoms with Crippen molar-refractivity contribution in [3.8, 4) is 22.3 Å². The summed E-state index contributed by atoms with van der Waals surface area (Å²) >= 11 is 5.74. The van der Waals surface area contributed by atoms with E-state index in [2.05, 4.69) is 254 Å². The molecule has 1 nitrogen and oxygen atoms in total. The second-order valence-electron chi connectivity index (χ2n) is 20.1. The fourth-order valence-electron chi connectivity index (χ4n) is 14.0. The second kappa shape index (κ2) is 15.2. The molecule has 0 amide bonds. The number of fused-ring (bicyclic) bond motifs is 25. The summed E-state index contributed by atoms with van der Waals surface area (Å²) in [5, 5.41) is 7.66. The Hall–Kier alpha value is -8.12. The maximum atomic E-state index is 2.67. The lowest BCUT2D eigenvalue weighted by Crippen LogP contribution is -2.34. The predicted molar refractivity (Wildman–Crippen MR) is 312 cm³/mol. The average Bonchev–Trinajstić information content (AvgIpc) is 4.28. The molecule has 4 heteroatoms. The van der Waals surface area contributed by atoms with E-state index in [4.69, 9.17) is 0 Å². The molecule has 74 heavy (non-hydrogen) atoms. The molecule has 17 rings (SSSR count). The van der Waals surface area contributed by atoms with E-state index in [0.29, 0.717) is 0 Å². The fourth-order valence-corrected chi connectivity index (χ4v) is 17.7. The van der Waals surface area contributed by atoms with Crippen LogP contribution < -0.4 is 4.90 Å². The van der Waals surface area contributed by atoms with Crippen molar-refractivity contribution in [1.82, 2.24) is 0 Å². The highest BCUT2D eigenvalue weighted by molar-refractivity contribution is 8.00. The molecule has 0 saturated carbocycles. The second-order valence-corrected chi connectivity index (χ2v) is 23.3. The van der Waals surface area contributed by atoms with Crippen LogP contribution >= 0.6 is 34.9 Å². The summed E-state index contributed by atoms with van der Waals surface area (Å²) in [5.41, 5.74) is 18.2. The van der Waals surface area contributed by atoms with Crippen molar-refractivity contribution in [2.45, 2.75) is 30.4 Å². The average molecular weight is 992 g/mol. The molecule has 12 aromatic carbocycles. The third kappa shape index (κ3) is 5.22. The van der Waals surface area contributed by atoms with Gasteiger partial charge in [0, 0.05) is 51.0 Å². The first-order valence-electron chi connectivity index (χ1n) is 25.5. The molecule has 2 aliphatic heterocycles. The summed E-state index contributed by atoms with van der Waals surface area (Å²) in [6.07, 6.45) is 0. The van der Waals surface area contributed by atoms with Crippen LogP contribution in [0.1, 0.15) is 44.5 Å². The van der Waals surface area contributed by atoms with E-state index in [1.165, 1.54) is 139 Å². The van der Waals surface area contributed by atoms with E-state index in [-0.39, 0.29) is 0 Å². The zero-order chi connectivity index (χ0) is 48.3. The molecule has 4 aliphatic rings. The minimum absolute atomic E-state index is 0.577. The number of benzene rings is 12. The monoisotopic (exact) mass is 991 g/mol. The van der Waals surface area contributed by atoms with Crippen LogP contribution in [0.25, 0.3) is 64.0 Å². The summed E-state index contributed by atoms with van der Waals surface area (Å²) < 4.78 is 2.57. The molecule has 2 spiro atoms. The summed E-state index contributed by atoms with van der Waals surface area (Å²) in [4.78, 5) is 7.85. The Morgan fingerprint density at radius 1 is 0.324 bits per heavy atom. The SMILES string of the molecule is c1ccc2c(c1)Sc1cccc(N(c3ccc4c(c3)C3(c5ccccc5-c5ccccc53)c3ccc5ccccc5c3S4)c3cccc4sc5ccccc5c34)c1[C@@]21c2ccccc2-c2c1ccc1ccccc21. The number of hydrogen-bond donors (Lipinski definition) is 0. The zero-order valence-electron chi connectivity index (χ0n) is 39.8. The smallest absolute Gasteiger partial charge is 0.0756 e. The predicted octanol–water partition coefficient (Wildman–Crippen LogP) is 19.5. The van der Waals surface area contributed by atoms with Crippen LogP contribution in [0, 0.1) is 0 Å². The molecule has 0 saturated heterocycles. The van der Waals surface area contributed by atoms with E-state index in [1.54, 1.807) is 0 Å². The maximum absolute atomic E-state index is 2.67. The van der Waals surface area contributed by atoms with Gasteiger partial charge in [0.15, 0.2) is 0 Å². The molecule has 0 N–H and O–H groups in total. The lowest BCUT2D eigenvalue weighted by Gasteiger charge is -2.43. The molecule has 0 fully saturated rings. The molecular weight excluding hydrogens is 951 g/mol. The molecule has 1 atom stereocenters. The van der Waals surface area contributed by atoms with Gasteiger partial charge >= 0.3 is 0 Å². The number of hydrogen-bond acceptors (Lipinski definition) is 4. The minimum atomic E-state index is -0.638. The van der Waals surface area contributed by atoms with Crippen molar-refractivity contribution in [2.24, 2.45) is 0 Å². The Labute approximate surface area is 441 Å². The van der Waals surface area contributed by atoms with Crippen LogP contribution in [-0.4, -0.2) is 0 Å². The van der Waals surface area contributed by atoms with Crippen molar-refractivity contribution in [3.63, 3.8) is 0 Å². The molecule has 3 heterocycles. The molecule has 13 aromatic rings. The van der Waals surface area contributed by atoms with Gasteiger partial charge in [0.25, 0.3) is 0 Å². The molecule has 2 aliphatic carbocycles. The van der Waals surface area contributed by atoms with E-state index >= 15 is 0 Å². The number of anilines is 3. The highest BCUT2D eigenvalue weighted by atomic mass is 32.2. The standard InChI is InChI=1S/C70H41NS3/c1-3-19-45-42(17-1)35-38-55-65(45)49-23-7-11-27-53(49)70(55)54-28-12-14-32-61(54)73-64-34-16-30-59(67(64)70)71(58-29-15-33-63-66(58)50-24-8-13-31-60(50)72-63)44-37-40-62-57(41-44)69(56-39-36-43-18-2-4-20-46(43)68(56)74-62)51-25-9-5-21-47(51)48-22-6-10-26-52(48)69/h1-41H/t70-/m0/s1. The van der Waals surface area contributed by atoms with Crippen LogP contribution in [0.3, 0.4) is 0 Å². The van der Waals surface area contributed by atoms with Gasteiger partial charge in [-0.1, -0.05) is 218 Å². The third-order valence-electron chi connectivity index (χ3n) is 16.8. The van der Waals surface area contributed by atoms with Crippen LogP contribution in [0.4, 0.5) is 17.1 Å². The zero-order valence-corrected chi connectivity index (χ0v) is 42.3. The van der Waals surface area contributed by atoms with Gasteiger partial charge in [0.2, 0.25) is 0 Å². The van der Waals surface area contributed by atoms with Crippen molar-refractivity contribution < 1.29 is 0 Å².